The third-order valence-corrected chi connectivity index (χ3v) is 5.63. The molecule has 0 bridgehead atoms. The maximum Gasteiger partial charge on any atom is 0.407 e. The summed E-state index contributed by atoms with van der Waals surface area (Å²) in [6.07, 6.45) is 0.619. The molecule has 0 radical (unpaired) electrons. The summed E-state index contributed by atoms with van der Waals surface area (Å²) in [4.78, 5) is 29.4. The number of anilines is 2. The molecule has 0 aliphatic carbocycles. The Kier molecular flexibility index (Phi) is 6.11. The van der Waals surface area contributed by atoms with Crippen molar-refractivity contribution in [2.45, 2.75) is 45.2 Å². The molecule has 3 N–H and O–H groups in total. The minimum absolute atomic E-state index is 0.00971. The third kappa shape index (κ3) is 4.68. The highest BCUT2D eigenvalue weighted by Crippen LogP contribution is 2.34. The number of nitrogens with zero attached hydrogens (tertiary/aromatic N) is 4. The molecule has 0 spiro atoms. The number of piperidine rings is 1. The van der Waals surface area contributed by atoms with Gasteiger partial charge in [0.2, 0.25) is 0 Å². The lowest BCUT2D eigenvalue weighted by molar-refractivity contribution is 0.0426. The summed E-state index contributed by atoms with van der Waals surface area (Å²) < 4.78 is 0. The third-order valence-electron chi connectivity index (χ3n) is 5.39. The van der Waals surface area contributed by atoms with Crippen molar-refractivity contribution in [3.05, 3.63) is 23.2 Å². The first-order valence-electron chi connectivity index (χ1n) is 9.69. The Labute approximate surface area is 175 Å². The maximum absolute atomic E-state index is 12.4. The van der Waals surface area contributed by atoms with Gasteiger partial charge in [0, 0.05) is 42.8 Å². The molecule has 3 amide bonds. The lowest BCUT2D eigenvalue weighted by atomic mass is 9.97. The number of likely N-dealkylation sites (tertiary alicyclic amines) is 1. The van der Waals surface area contributed by atoms with Crippen molar-refractivity contribution in [2.75, 3.05) is 36.3 Å². The number of carbonyl (C=O) groups is 2. The van der Waals surface area contributed by atoms with Gasteiger partial charge in [-0.2, -0.15) is 5.17 Å². The first-order chi connectivity index (χ1) is 13.6. The van der Waals surface area contributed by atoms with Crippen LogP contribution in [0.3, 0.4) is 0 Å². The Morgan fingerprint density at radius 2 is 1.90 bits per heavy atom. The van der Waals surface area contributed by atoms with Crippen LogP contribution in [0.2, 0.25) is 5.02 Å². The van der Waals surface area contributed by atoms with Gasteiger partial charge in [-0.25, -0.2) is 15.0 Å². The fraction of sp³-hybridized carbons (Fsp3) is 0.579. The summed E-state index contributed by atoms with van der Waals surface area (Å²) in [5.41, 5.74) is 2.94. The normalized spacial score (nSPS) is 18.4. The second kappa shape index (κ2) is 8.25. The van der Waals surface area contributed by atoms with Crippen molar-refractivity contribution >= 4 is 35.1 Å². The van der Waals surface area contributed by atoms with Crippen LogP contribution in [0.1, 0.15) is 33.6 Å². The van der Waals surface area contributed by atoms with Crippen LogP contribution in [0.5, 0.6) is 0 Å². The van der Waals surface area contributed by atoms with E-state index in [4.69, 9.17) is 11.6 Å². The van der Waals surface area contributed by atoms with Crippen LogP contribution in [-0.2, 0) is 0 Å². The maximum atomic E-state index is 12.4. The number of hydrogen-bond donors (Lipinski definition) is 3. The summed E-state index contributed by atoms with van der Waals surface area (Å²) >= 11 is 6.07. The predicted molar refractivity (Wildman–Crippen MR) is 111 cm³/mol. The van der Waals surface area contributed by atoms with E-state index in [0.29, 0.717) is 34.7 Å². The highest BCUT2D eigenvalue weighted by atomic mass is 35.5. The number of rotatable bonds is 4. The smallest absolute Gasteiger partial charge is 0.407 e. The van der Waals surface area contributed by atoms with Crippen LogP contribution in [-0.4, -0.2) is 70.0 Å². The molecule has 10 heteroatoms. The largest absolute Gasteiger partial charge is 0.465 e. The Morgan fingerprint density at radius 1 is 1.24 bits per heavy atom. The molecule has 2 heterocycles. The number of carboxylic acid groups (broad SMARTS) is 1. The number of amides is 3. The van der Waals surface area contributed by atoms with Gasteiger partial charge in [0.15, 0.2) is 0 Å². The van der Waals surface area contributed by atoms with Crippen LogP contribution < -0.4 is 15.5 Å². The van der Waals surface area contributed by atoms with E-state index < -0.39 is 17.7 Å². The molecule has 160 valence electrons. The molecule has 29 heavy (non-hydrogen) atoms. The Balaban J connectivity index is 1.61. The highest BCUT2D eigenvalue weighted by Gasteiger charge is 2.35. The van der Waals surface area contributed by atoms with Gasteiger partial charge < -0.3 is 14.9 Å². The van der Waals surface area contributed by atoms with E-state index in [1.807, 2.05) is 20.8 Å². The minimum atomic E-state index is -0.886. The number of carbonyl (C=O) groups excluding carboxylic acids is 1. The average molecular weight is 426 g/mol. The SMILES string of the molecule is CC(C)(C)N(C(=O)O)C1CCN(CCN2C(=O)NN(O)c3ccc(Cl)cc32)CC1. The fourth-order valence-electron chi connectivity index (χ4n) is 4.07. The van der Waals surface area contributed by atoms with Crippen molar-refractivity contribution < 1.29 is 19.9 Å². The first-order valence-corrected chi connectivity index (χ1v) is 10.1. The number of benzene rings is 1. The van der Waals surface area contributed by atoms with Crippen molar-refractivity contribution in [2.24, 2.45) is 0 Å². The molecule has 3 rings (SSSR count). The van der Waals surface area contributed by atoms with Crippen LogP contribution in [0.25, 0.3) is 0 Å². The van der Waals surface area contributed by atoms with Crippen molar-refractivity contribution in [3.63, 3.8) is 0 Å². The van der Waals surface area contributed by atoms with Crippen molar-refractivity contribution in [1.29, 1.82) is 0 Å². The first kappa shape index (κ1) is 21.5. The van der Waals surface area contributed by atoms with E-state index in [-0.39, 0.29) is 6.04 Å². The van der Waals surface area contributed by atoms with Gasteiger partial charge in [-0.05, 0) is 51.8 Å². The fourth-order valence-corrected chi connectivity index (χ4v) is 4.23. The Morgan fingerprint density at radius 3 is 2.48 bits per heavy atom. The second-order valence-electron chi connectivity index (χ2n) is 8.41. The molecule has 2 aliphatic heterocycles. The number of hydrogen-bond acceptors (Lipinski definition) is 5. The van der Waals surface area contributed by atoms with E-state index in [1.165, 1.54) is 0 Å². The summed E-state index contributed by atoms with van der Waals surface area (Å²) in [6, 6.07) is 4.50. The summed E-state index contributed by atoms with van der Waals surface area (Å²) in [5.74, 6) is 0. The van der Waals surface area contributed by atoms with Gasteiger partial charge in [-0.3, -0.25) is 10.1 Å². The van der Waals surface area contributed by atoms with E-state index in [0.717, 1.165) is 25.9 Å². The average Bonchev–Trinajstić information content (AvgIpc) is 2.61. The quantitative estimate of drug-likeness (QED) is 0.684. The number of hydrazine groups is 1. The molecule has 1 saturated heterocycles. The second-order valence-corrected chi connectivity index (χ2v) is 8.85. The number of fused-ring (bicyclic) bond motifs is 1. The molecular weight excluding hydrogens is 398 g/mol. The Hall–Kier alpha value is -2.23. The standard InChI is InChI=1S/C19H28ClN5O4/c1-19(2,3)24(18(27)28)14-6-8-22(9-7-14)10-11-23-16-12-13(20)4-5-15(16)25(29)21-17(23)26/h4-5,12,14,29H,6-11H2,1-3H3,(H,21,26)(H,27,28). The molecule has 9 nitrogen and oxygen atoms in total. The van der Waals surface area contributed by atoms with E-state index in [9.17, 15) is 19.9 Å². The van der Waals surface area contributed by atoms with E-state index >= 15 is 0 Å². The summed E-state index contributed by atoms with van der Waals surface area (Å²) in [6.45, 7) is 8.32. The van der Waals surface area contributed by atoms with Crippen LogP contribution >= 0.6 is 11.6 Å². The van der Waals surface area contributed by atoms with Gasteiger partial charge >= 0.3 is 12.1 Å². The van der Waals surface area contributed by atoms with Crippen molar-refractivity contribution in [1.82, 2.24) is 15.2 Å². The summed E-state index contributed by atoms with van der Waals surface area (Å²) in [5, 5.41) is 20.7. The van der Waals surface area contributed by atoms with Crippen LogP contribution in [0, 0.1) is 0 Å². The van der Waals surface area contributed by atoms with Crippen LogP contribution in [0.15, 0.2) is 18.2 Å². The van der Waals surface area contributed by atoms with Gasteiger partial charge in [0.25, 0.3) is 0 Å². The minimum Gasteiger partial charge on any atom is -0.465 e. The van der Waals surface area contributed by atoms with Crippen LogP contribution in [0.4, 0.5) is 21.0 Å². The molecule has 1 fully saturated rings. The molecule has 0 saturated carbocycles. The van der Waals surface area contributed by atoms with E-state index in [2.05, 4.69) is 10.3 Å². The molecule has 0 aromatic heterocycles. The van der Waals surface area contributed by atoms with Gasteiger partial charge in [-0.1, -0.05) is 11.6 Å². The molecule has 0 atom stereocenters. The molecule has 0 unspecified atom stereocenters. The lowest BCUT2D eigenvalue weighted by Crippen LogP contribution is -2.56. The van der Waals surface area contributed by atoms with Gasteiger partial charge in [-0.15, -0.1) is 0 Å². The molecular formula is C19H28ClN5O4. The molecule has 1 aromatic rings. The van der Waals surface area contributed by atoms with Gasteiger partial charge in [0.05, 0.1) is 5.69 Å². The van der Waals surface area contributed by atoms with Crippen molar-refractivity contribution in [3.8, 4) is 0 Å². The number of urea groups is 1. The van der Waals surface area contributed by atoms with E-state index in [1.54, 1.807) is 28.0 Å². The zero-order valence-electron chi connectivity index (χ0n) is 16.9. The molecule has 1 aromatic carbocycles. The highest BCUT2D eigenvalue weighted by molar-refractivity contribution is 6.31. The number of halogens is 1. The number of nitrogens with one attached hydrogen (secondary N) is 1. The zero-order valence-corrected chi connectivity index (χ0v) is 17.7. The predicted octanol–water partition coefficient (Wildman–Crippen LogP) is 3.22. The molecule has 2 aliphatic rings. The zero-order chi connectivity index (χ0) is 21.3. The summed E-state index contributed by atoms with van der Waals surface area (Å²) in [7, 11) is 0. The topological polar surface area (TPSA) is 99.6 Å². The lowest BCUT2D eigenvalue weighted by Gasteiger charge is -2.44. The monoisotopic (exact) mass is 425 g/mol. The Bertz CT molecular complexity index is 776. The van der Waals surface area contributed by atoms with Gasteiger partial charge in [0.1, 0.15) is 5.69 Å².